The van der Waals surface area contributed by atoms with Gasteiger partial charge in [-0.1, -0.05) is 214 Å². The first-order valence-electron chi connectivity index (χ1n) is 25.4. The van der Waals surface area contributed by atoms with Crippen LogP contribution >= 0.6 is 7.82 Å². The SMILES string of the molecule is CC/C=C\C/C=C\C/C=C\C/C=C\C/C=C\C/C=C\CCCCCCC(=O)NC(COP(=O)(O)OCCN)C(O)/C=C/CC/C=C/CCCCCCCCCCCCCCCCC. The molecule has 0 aromatic carbocycles. The monoisotopic (exact) mass is 899 g/mol. The number of phosphoric acid groups is 1. The fourth-order valence-electron chi connectivity index (χ4n) is 6.86. The molecule has 0 aromatic heterocycles. The predicted octanol–water partition coefficient (Wildman–Crippen LogP) is 15.1. The topological polar surface area (TPSA) is 131 Å². The summed E-state index contributed by atoms with van der Waals surface area (Å²) in [5, 5.41) is 13.7. The van der Waals surface area contributed by atoms with Crippen molar-refractivity contribution in [3.63, 3.8) is 0 Å². The van der Waals surface area contributed by atoms with E-state index in [0.717, 1.165) is 89.9 Å². The van der Waals surface area contributed by atoms with Crippen molar-refractivity contribution in [2.24, 2.45) is 5.73 Å². The van der Waals surface area contributed by atoms with Crippen LogP contribution in [0.5, 0.6) is 0 Å². The molecular formula is C54H95N2O6P. The average Bonchev–Trinajstić information content (AvgIpc) is 3.27. The first-order chi connectivity index (χ1) is 30.9. The molecule has 0 aliphatic heterocycles. The van der Waals surface area contributed by atoms with E-state index in [1.165, 1.54) is 96.3 Å². The number of carbonyl (C=O) groups is 1. The van der Waals surface area contributed by atoms with Crippen LogP contribution in [0.4, 0.5) is 0 Å². The van der Waals surface area contributed by atoms with E-state index >= 15 is 0 Å². The number of unbranched alkanes of at least 4 members (excludes halogenated alkanes) is 20. The van der Waals surface area contributed by atoms with Gasteiger partial charge in [0.05, 0.1) is 25.4 Å². The highest BCUT2D eigenvalue weighted by molar-refractivity contribution is 7.47. The predicted molar refractivity (Wildman–Crippen MR) is 272 cm³/mol. The van der Waals surface area contributed by atoms with Crippen LogP contribution in [0.25, 0.3) is 0 Å². The summed E-state index contributed by atoms with van der Waals surface area (Å²) in [6.45, 7) is 3.98. The van der Waals surface area contributed by atoms with Gasteiger partial charge in [0.1, 0.15) is 0 Å². The van der Waals surface area contributed by atoms with Crippen LogP contribution in [0.15, 0.2) is 97.2 Å². The summed E-state index contributed by atoms with van der Waals surface area (Å²) in [7, 11) is -4.37. The number of amides is 1. The second kappa shape index (κ2) is 48.9. The Hall–Kier alpha value is -2.58. The Kier molecular flexibility index (Phi) is 46.9. The Bertz CT molecular complexity index is 1300. The molecule has 9 heteroatoms. The molecule has 0 aliphatic carbocycles. The fourth-order valence-corrected chi connectivity index (χ4v) is 7.62. The van der Waals surface area contributed by atoms with Crippen molar-refractivity contribution in [3.8, 4) is 0 Å². The van der Waals surface area contributed by atoms with E-state index in [1.807, 2.05) is 6.08 Å². The van der Waals surface area contributed by atoms with Gasteiger partial charge in [0, 0.05) is 13.0 Å². The molecule has 0 fully saturated rings. The minimum Gasteiger partial charge on any atom is -0.387 e. The molecule has 5 N–H and O–H groups in total. The maximum absolute atomic E-state index is 12.8. The molecule has 0 rings (SSSR count). The number of aliphatic hydroxyl groups is 1. The molecule has 0 aliphatic rings. The molecular weight excluding hydrogens is 804 g/mol. The molecule has 0 saturated heterocycles. The third-order valence-corrected chi connectivity index (χ3v) is 11.6. The molecule has 63 heavy (non-hydrogen) atoms. The number of allylic oxidation sites excluding steroid dienone is 15. The Morgan fingerprint density at radius 1 is 0.540 bits per heavy atom. The van der Waals surface area contributed by atoms with Gasteiger partial charge in [0.2, 0.25) is 5.91 Å². The highest BCUT2D eigenvalue weighted by Crippen LogP contribution is 2.43. The standard InChI is InChI=1S/C54H95N2O6P/c1-3-5-7-9-11-13-15-17-19-21-23-25-26-28-30-32-34-36-38-40-42-44-46-48-54(58)56-52(51-62-63(59,60)61-50-49-55)53(57)47-45-43-41-39-37-35-33-31-29-27-24-22-20-18-16-14-12-10-8-6-4-2/h5,7,11,13,17,19,23,25,28,30,34,36-37,39,45,47,52-53,57H,3-4,6,8-10,12,14-16,18,20-22,24,26-27,29,31-33,35,38,40-44,46,48-51,55H2,1-2H3,(H,56,58)(H,59,60)/b7-5-,13-11-,19-17-,25-23-,30-28-,36-34-,39-37+,47-45+. The van der Waals surface area contributed by atoms with Gasteiger partial charge in [-0.3, -0.25) is 13.8 Å². The van der Waals surface area contributed by atoms with Crippen LogP contribution in [0.1, 0.15) is 206 Å². The van der Waals surface area contributed by atoms with Gasteiger partial charge in [-0.05, 0) is 83.5 Å². The summed E-state index contributed by atoms with van der Waals surface area (Å²) in [4.78, 5) is 22.8. The van der Waals surface area contributed by atoms with Gasteiger partial charge in [-0.25, -0.2) is 4.57 Å². The molecule has 0 heterocycles. The van der Waals surface area contributed by atoms with Crippen molar-refractivity contribution in [2.45, 2.75) is 219 Å². The maximum atomic E-state index is 12.8. The second-order valence-electron chi connectivity index (χ2n) is 16.6. The van der Waals surface area contributed by atoms with Crippen LogP contribution in [-0.2, 0) is 18.4 Å². The molecule has 8 nitrogen and oxygen atoms in total. The lowest BCUT2D eigenvalue weighted by Crippen LogP contribution is -2.45. The first-order valence-corrected chi connectivity index (χ1v) is 26.9. The molecule has 0 spiro atoms. The average molecular weight is 899 g/mol. The van der Waals surface area contributed by atoms with Gasteiger partial charge in [0.15, 0.2) is 0 Å². The zero-order chi connectivity index (χ0) is 46.0. The van der Waals surface area contributed by atoms with Crippen LogP contribution in [0.2, 0.25) is 0 Å². The van der Waals surface area contributed by atoms with Crippen molar-refractivity contribution in [1.82, 2.24) is 5.32 Å². The summed E-state index contributed by atoms with van der Waals surface area (Å²) in [6.07, 6.45) is 67.6. The summed E-state index contributed by atoms with van der Waals surface area (Å²) in [6, 6.07) is -0.899. The lowest BCUT2D eigenvalue weighted by molar-refractivity contribution is -0.123. The van der Waals surface area contributed by atoms with Gasteiger partial charge in [-0.15, -0.1) is 0 Å². The molecule has 0 saturated carbocycles. The highest BCUT2D eigenvalue weighted by atomic mass is 31.2. The Morgan fingerprint density at radius 2 is 0.937 bits per heavy atom. The number of carbonyl (C=O) groups excluding carboxylic acids is 1. The summed E-state index contributed by atoms with van der Waals surface area (Å²) < 4.78 is 22.2. The van der Waals surface area contributed by atoms with E-state index in [-0.39, 0.29) is 25.7 Å². The van der Waals surface area contributed by atoms with E-state index in [1.54, 1.807) is 6.08 Å². The summed E-state index contributed by atoms with van der Waals surface area (Å²) in [5.41, 5.74) is 5.39. The van der Waals surface area contributed by atoms with Gasteiger partial charge < -0.3 is 21.1 Å². The molecule has 0 aromatic rings. The zero-order valence-corrected chi connectivity index (χ0v) is 41.2. The number of phosphoric ester groups is 1. The summed E-state index contributed by atoms with van der Waals surface area (Å²) in [5.74, 6) is -0.231. The number of nitrogens with one attached hydrogen (secondary N) is 1. The second-order valence-corrected chi connectivity index (χ2v) is 18.1. The number of rotatable bonds is 46. The molecule has 3 unspecified atom stereocenters. The fraction of sp³-hybridized carbons (Fsp3) is 0.685. The van der Waals surface area contributed by atoms with E-state index in [0.29, 0.717) is 6.42 Å². The Labute approximate surface area is 387 Å². The normalized spacial score (nSPS) is 14.7. The van der Waals surface area contributed by atoms with Crippen molar-refractivity contribution in [3.05, 3.63) is 97.2 Å². The Balaban J connectivity index is 4.25. The quantitative estimate of drug-likeness (QED) is 0.0272. The minimum atomic E-state index is -4.37. The largest absolute Gasteiger partial charge is 0.472 e. The van der Waals surface area contributed by atoms with E-state index in [2.05, 4.69) is 104 Å². The maximum Gasteiger partial charge on any atom is 0.472 e. The number of hydrogen-bond donors (Lipinski definition) is 4. The summed E-state index contributed by atoms with van der Waals surface area (Å²) >= 11 is 0. The number of nitrogens with two attached hydrogens (primary N) is 1. The third kappa shape index (κ3) is 47.2. The van der Waals surface area contributed by atoms with E-state index < -0.39 is 20.0 Å². The molecule has 1 amide bonds. The smallest absolute Gasteiger partial charge is 0.387 e. The van der Waals surface area contributed by atoms with E-state index in [9.17, 15) is 19.4 Å². The molecule has 362 valence electrons. The van der Waals surface area contributed by atoms with Crippen LogP contribution in [-0.4, -0.2) is 47.8 Å². The van der Waals surface area contributed by atoms with Crippen LogP contribution in [0, 0.1) is 0 Å². The molecule has 0 radical (unpaired) electrons. The third-order valence-electron chi connectivity index (χ3n) is 10.6. The number of hydrogen-bond acceptors (Lipinski definition) is 6. The van der Waals surface area contributed by atoms with Crippen molar-refractivity contribution < 1.29 is 28.4 Å². The number of aliphatic hydroxyl groups excluding tert-OH is 1. The van der Waals surface area contributed by atoms with Crippen LogP contribution < -0.4 is 11.1 Å². The van der Waals surface area contributed by atoms with E-state index in [4.69, 9.17) is 14.8 Å². The molecule has 0 bridgehead atoms. The Morgan fingerprint density at radius 3 is 1.41 bits per heavy atom. The van der Waals surface area contributed by atoms with Gasteiger partial charge in [-0.2, -0.15) is 0 Å². The van der Waals surface area contributed by atoms with Crippen molar-refractivity contribution >= 4 is 13.7 Å². The minimum absolute atomic E-state index is 0.0642. The highest BCUT2D eigenvalue weighted by Gasteiger charge is 2.26. The van der Waals surface area contributed by atoms with Crippen molar-refractivity contribution in [2.75, 3.05) is 19.8 Å². The first kappa shape index (κ1) is 60.4. The lowest BCUT2D eigenvalue weighted by Gasteiger charge is -2.23. The molecule has 3 atom stereocenters. The van der Waals surface area contributed by atoms with Crippen LogP contribution in [0.3, 0.4) is 0 Å². The van der Waals surface area contributed by atoms with Gasteiger partial charge >= 0.3 is 7.82 Å². The van der Waals surface area contributed by atoms with Crippen molar-refractivity contribution in [1.29, 1.82) is 0 Å². The lowest BCUT2D eigenvalue weighted by atomic mass is 10.0. The van der Waals surface area contributed by atoms with Gasteiger partial charge in [0.25, 0.3) is 0 Å². The zero-order valence-electron chi connectivity index (χ0n) is 40.3.